The van der Waals surface area contributed by atoms with Crippen LogP contribution in [0.15, 0.2) is 35.4 Å². The lowest BCUT2D eigenvalue weighted by Crippen LogP contribution is -2.60. The molecule has 13 atom stereocenters. The molecule has 1 aromatic rings. The Bertz CT molecular complexity index is 1370. The molecule has 2 saturated heterocycles. The highest BCUT2D eigenvalue weighted by Crippen LogP contribution is 2.38. The van der Waals surface area contributed by atoms with E-state index in [4.69, 9.17) is 18.9 Å². The first-order valence-electron chi connectivity index (χ1n) is 18.5. The van der Waals surface area contributed by atoms with Gasteiger partial charge in [-0.1, -0.05) is 58.0 Å². The average Bonchev–Trinajstić information content (AvgIpc) is 3.11. The van der Waals surface area contributed by atoms with Crippen LogP contribution in [0.5, 0.6) is 0 Å². The number of esters is 1. The standard InChI is InChI=1S/C39H63N3O10/c1-12-29-39(8,48)34(46)24(4)31(41-40-30(43)19-18-27-16-14-13-15-17-27)22(2)21-38(7,49-11)35(25(5)32(44)26(6)36(47)51-29)52-37-33(45)28(42(9)10)20-23(3)50-37/h13-17,22-26,28-29,33-35,37,45-46,48H,12,18-21H2,1-11H3,(H,40,43). The van der Waals surface area contributed by atoms with Crippen molar-refractivity contribution in [1.29, 1.82) is 0 Å². The number of aliphatic hydroxyl groups is 3. The highest BCUT2D eigenvalue weighted by atomic mass is 16.7. The van der Waals surface area contributed by atoms with E-state index in [0.717, 1.165) is 5.56 Å². The lowest BCUT2D eigenvalue weighted by Gasteiger charge is -2.47. The molecule has 2 aliphatic heterocycles. The second kappa shape index (κ2) is 18.5. The molecule has 2 heterocycles. The van der Waals surface area contributed by atoms with Gasteiger partial charge >= 0.3 is 5.97 Å². The van der Waals surface area contributed by atoms with Gasteiger partial charge < -0.3 is 39.2 Å². The van der Waals surface area contributed by atoms with E-state index in [1.165, 1.54) is 21.0 Å². The number of carbonyl (C=O) groups is 3. The van der Waals surface area contributed by atoms with Crippen LogP contribution in [0.2, 0.25) is 0 Å². The maximum Gasteiger partial charge on any atom is 0.316 e. The molecule has 2 fully saturated rings. The second-order valence-corrected chi connectivity index (χ2v) is 15.5. The summed E-state index contributed by atoms with van der Waals surface area (Å²) in [5.74, 6) is -5.28. The lowest BCUT2D eigenvalue weighted by molar-refractivity contribution is -0.295. The molecule has 1 amide bonds. The molecular weight excluding hydrogens is 670 g/mol. The number of ketones is 1. The topological polar surface area (TPSA) is 176 Å². The molecule has 0 bridgehead atoms. The number of hydrogen-bond acceptors (Lipinski definition) is 12. The maximum absolute atomic E-state index is 14.1. The monoisotopic (exact) mass is 733 g/mol. The Morgan fingerprint density at radius 2 is 1.69 bits per heavy atom. The Labute approximate surface area is 309 Å². The number of nitrogens with zero attached hydrogens (tertiary/aromatic N) is 2. The highest BCUT2D eigenvalue weighted by molar-refractivity contribution is 6.00. The number of hydrogen-bond donors (Lipinski definition) is 4. The number of likely N-dealkylation sites (N-methyl/N-ethyl adjacent to an activating group) is 1. The average molecular weight is 734 g/mol. The first kappa shape index (κ1) is 43.6. The molecule has 52 heavy (non-hydrogen) atoms. The van der Waals surface area contributed by atoms with E-state index in [9.17, 15) is 29.7 Å². The SMILES string of the molecule is CCC1OC(=O)C(C)C(=O)C(C)C(OC2OC(C)CC(N(C)C)C2O)C(C)(OC)CC(C)C(=NNC(=O)CCc2ccccc2)C(C)C(O)C1(C)O. The molecule has 13 nitrogen and oxygen atoms in total. The zero-order valence-electron chi connectivity index (χ0n) is 32.9. The maximum atomic E-state index is 14.1. The molecule has 0 aromatic heterocycles. The Balaban J connectivity index is 2.11. The van der Waals surface area contributed by atoms with Crippen molar-refractivity contribution < 1.29 is 48.7 Å². The fourth-order valence-corrected chi connectivity index (χ4v) is 7.74. The third-order valence-electron chi connectivity index (χ3n) is 11.1. The van der Waals surface area contributed by atoms with Crippen molar-refractivity contribution >= 4 is 23.4 Å². The number of hydrazone groups is 1. The zero-order chi connectivity index (χ0) is 39.1. The smallest absolute Gasteiger partial charge is 0.316 e. The van der Waals surface area contributed by atoms with Crippen LogP contribution in [0.4, 0.5) is 0 Å². The summed E-state index contributed by atoms with van der Waals surface area (Å²) in [4.78, 5) is 42.6. The lowest BCUT2D eigenvalue weighted by atomic mass is 9.74. The predicted octanol–water partition coefficient (Wildman–Crippen LogP) is 3.26. The molecule has 4 N–H and O–H groups in total. The van der Waals surface area contributed by atoms with Crippen molar-refractivity contribution in [3.8, 4) is 0 Å². The summed E-state index contributed by atoms with van der Waals surface area (Å²) in [6.07, 6.45) is -4.65. The Morgan fingerprint density at radius 1 is 1.06 bits per heavy atom. The number of aryl methyl sites for hydroxylation is 1. The van der Waals surface area contributed by atoms with Crippen LogP contribution in [-0.2, 0) is 39.8 Å². The molecule has 13 heteroatoms. The first-order valence-corrected chi connectivity index (χ1v) is 18.5. The second-order valence-electron chi connectivity index (χ2n) is 15.5. The molecule has 3 rings (SSSR count). The molecule has 0 spiro atoms. The van der Waals surface area contributed by atoms with E-state index in [-0.39, 0.29) is 37.3 Å². The number of aliphatic hydroxyl groups excluding tert-OH is 2. The molecule has 0 radical (unpaired) electrons. The summed E-state index contributed by atoms with van der Waals surface area (Å²) < 4.78 is 24.7. The Morgan fingerprint density at radius 3 is 2.27 bits per heavy atom. The van der Waals surface area contributed by atoms with E-state index in [0.29, 0.717) is 18.6 Å². The van der Waals surface area contributed by atoms with Gasteiger partial charge in [-0.15, -0.1) is 0 Å². The van der Waals surface area contributed by atoms with Crippen molar-refractivity contribution in [2.75, 3.05) is 21.2 Å². The number of rotatable bonds is 9. The van der Waals surface area contributed by atoms with Gasteiger partial charge in [-0.3, -0.25) is 14.4 Å². The fraction of sp³-hybridized carbons (Fsp3) is 0.744. The van der Waals surface area contributed by atoms with Crippen LogP contribution in [0.25, 0.3) is 0 Å². The molecule has 294 valence electrons. The summed E-state index contributed by atoms with van der Waals surface area (Å²) >= 11 is 0. The Hall–Kier alpha value is -2.78. The van der Waals surface area contributed by atoms with Crippen LogP contribution in [0.1, 0.15) is 86.6 Å². The molecule has 2 aliphatic rings. The highest BCUT2D eigenvalue weighted by Gasteiger charge is 2.51. The van der Waals surface area contributed by atoms with Crippen molar-refractivity contribution in [2.24, 2.45) is 28.8 Å². The van der Waals surface area contributed by atoms with E-state index in [1.54, 1.807) is 27.7 Å². The van der Waals surface area contributed by atoms with Crippen LogP contribution >= 0.6 is 0 Å². The molecule has 1 aromatic carbocycles. The van der Waals surface area contributed by atoms with E-state index >= 15 is 0 Å². The van der Waals surface area contributed by atoms with Gasteiger partial charge in [-0.25, -0.2) is 5.43 Å². The van der Waals surface area contributed by atoms with E-state index in [2.05, 4.69) is 10.5 Å². The summed E-state index contributed by atoms with van der Waals surface area (Å²) in [5.41, 5.74) is 0.780. The third-order valence-corrected chi connectivity index (χ3v) is 11.1. The minimum atomic E-state index is -1.95. The van der Waals surface area contributed by atoms with Gasteiger partial charge in [0.2, 0.25) is 5.91 Å². The number of nitrogens with one attached hydrogen (secondary N) is 1. The van der Waals surface area contributed by atoms with Crippen molar-refractivity contribution in [3.63, 3.8) is 0 Å². The predicted molar refractivity (Wildman–Crippen MR) is 196 cm³/mol. The van der Waals surface area contributed by atoms with Crippen molar-refractivity contribution in [2.45, 2.75) is 142 Å². The summed E-state index contributed by atoms with van der Waals surface area (Å²) in [6, 6.07) is 9.30. The zero-order valence-corrected chi connectivity index (χ0v) is 32.9. The van der Waals surface area contributed by atoms with Gasteiger partial charge in [0, 0.05) is 37.1 Å². The largest absolute Gasteiger partial charge is 0.459 e. The molecule has 0 aliphatic carbocycles. The van der Waals surface area contributed by atoms with Gasteiger partial charge in [0.05, 0.1) is 23.9 Å². The number of ether oxygens (including phenoxy) is 4. The van der Waals surface area contributed by atoms with Gasteiger partial charge in [0.1, 0.15) is 23.7 Å². The molecule has 13 unspecified atom stereocenters. The number of methoxy groups -OCH3 is 1. The van der Waals surface area contributed by atoms with Gasteiger partial charge in [0.15, 0.2) is 12.1 Å². The normalized spacial score (nSPS) is 39.2. The number of benzene rings is 1. The number of cyclic esters (lactones) is 1. The number of carbonyl (C=O) groups excluding carboxylic acids is 3. The molecular formula is C39H63N3O10. The van der Waals surface area contributed by atoms with Gasteiger partial charge in [-0.05, 0) is 79.0 Å². The minimum Gasteiger partial charge on any atom is -0.459 e. The van der Waals surface area contributed by atoms with Crippen LogP contribution in [0, 0.1) is 23.7 Å². The number of amides is 1. The van der Waals surface area contributed by atoms with Crippen LogP contribution in [-0.4, -0.2) is 119 Å². The van der Waals surface area contributed by atoms with Crippen LogP contribution in [0.3, 0.4) is 0 Å². The van der Waals surface area contributed by atoms with Crippen molar-refractivity contribution in [1.82, 2.24) is 10.3 Å². The van der Waals surface area contributed by atoms with Gasteiger partial charge in [0.25, 0.3) is 0 Å². The quantitative estimate of drug-likeness (QED) is 0.167. The molecule has 0 saturated carbocycles. The Kier molecular flexibility index (Phi) is 15.5. The third kappa shape index (κ3) is 10.2. The van der Waals surface area contributed by atoms with Crippen molar-refractivity contribution in [3.05, 3.63) is 35.9 Å². The first-order chi connectivity index (χ1) is 24.3. The van der Waals surface area contributed by atoms with Crippen LogP contribution < -0.4 is 5.43 Å². The summed E-state index contributed by atoms with van der Waals surface area (Å²) in [7, 11) is 5.22. The van der Waals surface area contributed by atoms with Gasteiger partial charge in [-0.2, -0.15) is 5.10 Å². The fourth-order valence-electron chi connectivity index (χ4n) is 7.74. The number of Topliss-reactive ketones (excluding diaryl/α,β-unsaturated/α-hetero) is 1. The minimum absolute atomic E-state index is 0.146. The summed E-state index contributed by atoms with van der Waals surface area (Å²) in [6.45, 7) is 13.4. The van der Waals surface area contributed by atoms with E-state index in [1.807, 2.05) is 63.2 Å². The van der Waals surface area contributed by atoms with E-state index < -0.39 is 77.3 Å². The summed E-state index contributed by atoms with van der Waals surface area (Å²) in [5, 5.41) is 39.4.